The molecule has 0 atom stereocenters. The minimum Gasteiger partial charge on any atom is -0.333 e. The van der Waals surface area contributed by atoms with Crippen LogP contribution in [0.25, 0.3) is 0 Å². The summed E-state index contributed by atoms with van der Waals surface area (Å²) >= 11 is 16.6. The van der Waals surface area contributed by atoms with Crippen molar-refractivity contribution in [2.45, 2.75) is 6.54 Å². The SMILES string of the molecule is O=C(NCc1cc(Br)cs1)Nc1ccc(Cl)c(Cl)c1. The summed E-state index contributed by atoms with van der Waals surface area (Å²) in [6.45, 7) is 0.476. The summed E-state index contributed by atoms with van der Waals surface area (Å²) in [5, 5.41) is 8.27. The number of urea groups is 1. The maximum Gasteiger partial charge on any atom is 0.319 e. The second-order valence-corrected chi connectivity index (χ2v) is 6.39. The van der Waals surface area contributed by atoms with Crippen LogP contribution in [-0.2, 0) is 6.54 Å². The van der Waals surface area contributed by atoms with Crippen molar-refractivity contribution in [3.05, 3.63) is 49.0 Å². The van der Waals surface area contributed by atoms with E-state index in [-0.39, 0.29) is 6.03 Å². The van der Waals surface area contributed by atoms with Crippen molar-refractivity contribution in [2.75, 3.05) is 5.32 Å². The number of rotatable bonds is 3. The highest BCUT2D eigenvalue weighted by atomic mass is 79.9. The molecular formula is C12H9BrCl2N2OS. The molecule has 3 nitrogen and oxygen atoms in total. The maximum absolute atomic E-state index is 11.7. The number of thiophene rings is 1. The zero-order valence-corrected chi connectivity index (χ0v) is 13.5. The Balaban J connectivity index is 1.88. The fourth-order valence-corrected chi connectivity index (χ4v) is 3.05. The number of nitrogens with one attached hydrogen (secondary N) is 2. The van der Waals surface area contributed by atoms with Crippen LogP contribution in [0, 0.1) is 0 Å². The van der Waals surface area contributed by atoms with Gasteiger partial charge in [-0.1, -0.05) is 23.2 Å². The first-order valence-corrected chi connectivity index (χ1v) is 7.70. The molecule has 0 bridgehead atoms. The Labute approximate surface area is 133 Å². The molecule has 7 heteroatoms. The highest BCUT2D eigenvalue weighted by Gasteiger charge is 2.05. The van der Waals surface area contributed by atoms with Gasteiger partial charge in [-0.25, -0.2) is 4.79 Å². The summed E-state index contributed by atoms with van der Waals surface area (Å²) in [7, 11) is 0. The van der Waals surface area contributed by atoms with Crippen LogP contribution in [-0.4, -0.2) is 6.03 Å². The van der Waals surface area contributed by atoms with Crippen LogP contribution in [0.1, 0.15) is 4.88 Å². The molecule has 19 heavy (non-hydrogen) atoms. The molecule has 1 aromatic heterocycles. The van der Waals surface area contributed by atoms with Gasteiger partial charge >= 0.3 is 6.03 Å². The summed E-state index contributed by atoms with van der Waals surface area (Å²) in [6.07, 6.45) is 0. The molecule has 1 aromatic carbocycles. The van der Waals surface area contributed by atoms with Gasteiger partial charge in [0, 0.05) is 20.4 Å². The van der Waals surface area contributed by atoms with E-state index in [1.54, 1.807) is 29.5 Å². The molecule has 2 aromatic rings. The lowest BCUT2D eigenvalue weighted by atomic mass is 10.3. The van der Waals surface area contributed by atoms with Crippen LogP contribution in [0.3, 0.4) is 0 Å². The third-order valence-corrected chi connectivity index (χ3v) is 4.66. The molecule has 0 saturated carbocycles. The van der Waals surface area contributed by atoms with Crippen LogP contribution in [0.15, 0.2) is 34.1 Å². The molecule has 0 radical (unpaired) electrons. The Morgan fingerprint density at radius 3 is 2.68 bits per heavy atom. The van der Waals surface area contributed by atoms with Gasteiger partial charge in [0.25, 0.3) is 0 Å². The van der Waals surface area contributed by atoms with E-state index < -0.39 is 0 Å². The Bertz CT molecular complexity index is 603. The fourth-order valence-electron chi connectivity index (χ4n) is 1.36. The molecule has 2 rings (SSSR count). The van der Waals surface area contributed by atoms with E-state index in [0.29, 0.717) is 22.3 Å². The van der Waals surface area contributed by atoms with Gasteiger partial charge in [0.05, 0.1) is 16.6 Å². The summed E-state index contributed by atoms with van der Waals surface area (Å²) in [5.41, 5.74) is 0.597. The number of hydrogen-bond donors (Lipinski definition) is 2. The molecular weight excluding hydrogens is 371 g/mol. The smallest absolute Gasteiger partial charge is 0.319 e. The lowest BCUT2D eigenvalue weighted by Gasteiger charge is -2.07. The minimum absolute atomic E-state index is 0.289. The van der Waals surface area contributed by atoms with E-state index >= 15 is 0 Å². The first-order valence-electron chi connectivity index (χ1n) is 5.27. The normalized spacial score (nSPS) is 10.3. The van der Waals surface area contributed by atoms with Crippen LogP contribution < -0.4 is 10.6 Å². The first-order chi connectivity index (χ1) is 9.04. The molecule has 0 saturated heterocycles. The molecule has 100 valence electrons. The fraction of sp³-hybridized carbons (Fsp3) is 0.0833. The molecule has 0 aliphatic rings. The van der Waals surface area contributed by atoms with Gasteiger partial charge in [-0.2, -0.15) is 0 Å². The predicted molar refractivity (Wildman–Crippen MR) is 84.3 cm³/mol. The van der Waals surface area contributed by atoms with Gasteiger partial charge < -0.3 is 10.6 Å². The van der Waals surface area contributed by atoms with Gasteiger partial charge in [-0.15, -0.1) is 11.3 Å². The molecule has 1 heterocycles. The molecule has 0 aliphatic carbocycles. The summed E-state index contributed by atoms with van der Waals surface area (Å²) in [6, 6.07) is 6.60. The highest BCUT2D eigenvalue weighted by Crippen LogP contribution is 2.25. The Morgan fingerprint density at radius 1 is 1.26 bits per heavy atom. The van der Waals surface area contributed by atoms with Gasteiger partial charge in [0.1, 0.15) is 0 Å². The zero-order valence-electron chi connectivity index (χ0n) is 9.54. The van der Waals surface area contributed by atoms with Crippen LogP contribution >= 0.6 is 50.5 Å². The van der Waals surface area contributed by atoms with Crippen molar-refractivity contribution in [1.82, 2.24) is 5.32 Å². The third kappa shape index (κ3) is 4.38. The van der Waals surface area contributed by atoms with E-state index in [1.165, 1.54) is 0 Å². The summed E-state index contributed by atoms with van der Waals surface area (Å²) in [4.78, 5) is 12.7. The second-order valence-electron chi connectivity index (χ2n) is 3.67. The topological polar surface area (TPSA) is 41.1 Å². The Hall–Kier alpha value is -0.750. The number of carbonyl (C=O) groups is 1. The van der Waals surface area contributed by atoms with Crippen molar-refractivity contribution in [1.29, 1.82) is 0 Å². The number of anilines is 1. The number of amides is 2. The van der Waals surface area contributed by atoms with Crippen LogP contribution in [0.5, 0.6) is 0 Å². The average Bonchev–Trinajstić information content (AvgIpc) is 2.77. The number of carbonyl (C=O) groups excluding carboxylic acids is 1. The number of hydrogen-bond acceptors (Lipinski definition) is 2. The van der Waals surface area contributed by atoms with Crippen LogP contribution in [0.4, 0.5) is 10.5 Å². The first kappa shape index (κ1) is 14.7. The molecule has 0 unspecified atom stereocenters. The summed E-state index contributed by atoms with van der Waals surface area (Å²) in [5.74, 6) is 0. The monoisotopic (exact) mass is 378 g/mol. The maximum atomic E-state index is 11.7. The predicted octanol–water partition coefficient (Wildman–Crippen LogP) is 5.14. The van der Waals surface area contributed by atoms with E-state index in [2.05, 4.69) is 26.6 Å². The molecule has 0 spiro atoms. The van der Waals surface area contributed by atoms with Crippen molar-refractivity contribution >= 4 is 62.2 Å². The Morgan fingerprint density at radius 2 is 2.05 bits per heavy atom. The van der Waals surface area contributed by atoms with E-state index in [4.69, 9.17) is 23.2 Å². The van der Waals surface area contributed by atoms with Crippen LogP contribution in [0.2, 0.25) is 10.0 Å². The summed E-state index contributed by atoms with van der Waals surface area (Å²) < 4.78 is 1.01. The van der Waals surface area contributed by atoms with Crippen molar-refractivity contribution < 1.29 is 4.79 Å². The van der Waals surface area contributed by atoms with Gasteiger partial charge in [0.15, 0.2) is 0 Å². The van der Waals surface area contributed by atoms with E-state index in [9.17, 15) is 4.79 Å². The minimum atomic E-state index is -0.289. The van der Waals surface area contributed by atoms with Crippen molar-refractivity contribution in [3.8, 4) is 0 Å². The molecule has 0 fully saturated rings. The largest absolute Gasteiger partial charge is 0.333 e. The molecule has 0 aliphatic heterocycles. The van der Waals surface area contributed by atoms with Crippen molar-refractivity contribution in [3.63, 3.8) is 0 Å². The second kappa shape index (κ2) is 6.61. The quantitative estimate of drug-likeness (QED) is 0.761. The Kier molecular flexibility index (Phi) is 5.10. The standard InChI is InChI=1S/C12H9BrCl2N2OS/c13-7-3-9(19-6-7)5-16-12(18)17-8-1-2-10(14)11(15)4-8/h1-4,6H,5H2,(H2,16,17,18). The molecule has 2 N–H and O–H groups in total. The van der Waals surface area contributed by atoms with Gasteiger partial charge in [0.2, 0.25) is 0 Å². The lowest BCUT2D eigenvalue weighted by molar-refractivity contribution is 0.252. The number of benzene rings is 1. The zero-order chi connectivity index (χ0) is 13.8. The van der Waals surface area contributed by atoms with Gasteiger partial charge in [-0.3, -0.25) is 0 Å². The lowest BCUT2D eigenvalue weighted by Crippen LogP contribution is -2.27. The van der Waals surface area contributed by atoms with Crippen molar-refractivity contribution in [2.24, 2.45) is 0 Å². The highest BCUT2D eigenvalue weighted by molar-refractivity contribution is 9.10. The third-order valence-electron chi connectivity index (χ3n) is 2.22. The van der Waals surface area contributed by atoms with E-state index in [1.807, 2.05) is 11.4 Å². The molecule has 2 amide bonds. The van der Waals surface area contributed by atoms with Gasteiger partial charge in [-0.05, 0) is 40.2 Å². The van der Waals surface area contributed by atoms with E-state index in [0.717, 1.165) is 9.35 Å². The average molecular weight is 380 g/mol. The number of halogens is 3.